The van der Waals surface area contributed by atoms with Crippen molar-refractivity contribution >= 4 is 28.2 Å². The largest absolute Gasteiger partial charge is 0.326 e. The Bertz CT molecular complexity index is 455. The van der Waals surface area contributed by atoms with Gasteiger partial charge in [0.25, 0.3) is 0 Å². The van der Waals surface area contributed by atoms with Crippen LogP contribution in [0.15, 0.2) is 0 Å². The van der Waals surface area contributed by atoms with Crippen LogP contribution in [0.25, 0.3) is 0 Å². The quantitative estimate of drug-likeness (QED) is 0.771. The monoisotopic (exact) mass is 239 g/mol. The average Bonchev–Trinajstić information content (AvgIpc) is 2.69. The molecule has 86 valence electrons. The Morgan fingerprint density at radius 2 is 2.31 bits per heavy atom. The maximum Gasteiger partial charge on any atom is 0.230 e. The standard InChI is InChI=1S/C10H13N3O2S/c1-5-9(6(2)14)16-10(12-5)13-4-7(11)3-8(13)15/h7H,3-4,11H2,1-2H3. The van der Waals surface area contributed by atoms with Gasteiger partial charge in [-0.25, -0.2) is 4.98 Å². The van der Waals surface area contributed by atoms with E-state index in [4.69, 9.17) is 5.73 Å². The van der Waals surface area contributed by atoms with Crippen LogP contribution in [0.4, 0.5) is 5.13 Å². The Labute approximate surface area is 97.3 Å². The van der Waals surface area contributed by atoms with Gasteiger partial charge >= 0.3 is 0 Å². The molecule has 16 heavy (non-hydrogen) atoms. The summed E-state index contributed by atoms with van der Waals surface area (Å²) < 4.78 is 0. The first-order valence-electron chi connectivity index (χ1n) is 5.03. The highest BCUT2D eigenvalue weighted by Gasteiger charge is 2.30. The van der Waals surface area contributed by atoms with E-state index in [1.165, 1.54) is 18.3 Å². The number of hydrogen-bond acceptors (Lipinski definition) is 5. The number of nitrogens with zero attached hydrogens (tertiary/aromatic N) is 2. The third-order valence-corrected chi connectivity index (χ3v) is 3.77. The lowest BCUT2D eigenvalue weighted by Gasteiger charge is -2.10. The first-order valence-corrected chi connectivity index (χ1v) is 5.85. The van der Waals surface area contributed by atoms with Crippen molar-refractivity contribution in [2.75, 3.05) is 11.4 Å². The highest BCUT2D eigenvalue weighted by Crippen LogP contribution is 2.29. The van der Waals surface area contributed by atoms with Gasteiger partial charge in [0.1, 0.15) is 0 Å². The first-order chi connectivity index (χ1) is 7.49. The van der Waals surface area contributed by atoms with Crippen molar-refractivity contribution < 1.29 is 9.59 Å². The molecule has 1 aliphatic heterocycles. The van der Waals surface area contributed by atoms with Gasteiger partial charge in [0, 0.05) is 25.9 Å². The van der Waals surface area contributed by atoms with Gasteiger partial charge in [0.05, 0.1) is 10.6 Å². The topological polar surface area (TPSA) is 76.3 Å². The fourth-order valence-electron chi connectivity index (χ4n) is 1.74. The third kappa shape index (κ3) is 1.85. The Morgan fingerprint density at radius 1 is 1.62 bits per heavy atom. The number of carbonyl (C=O) groups excluding carboxylic acids is 2. The van der Waals surface area contributed by atoms with Crippen LogP contribution in [0.2, 0.25) is 0 Å². The summed E-state index contributed by atoms with van der Waals surface area (Å²) in [6.45, 7) is 3.77. The molecule has 1 fully saturated rings. The second kappa shape index (κ2) is 3.95. The van der Waals surface area contributed by atoms with E-state index in [2.05, 4.69) is 4.98 Å². The fourth-order valence-corrected chi connectivity index (χ4v) is 2.73. The zero-order chi connectivity index (χ0) is 11.9. The van der Waals surface area contributed by atoms with Crippen molar-refractivity contribution in [1.82, 2.24) is 4.98 Å². The smallest absolute Gasteiger partial charge is 0.230 e. The summed E-state index contributed by atoms with van der Waals surface area (Å²) in [4.78, 5) is 29.3. The minimum Gasteiger partial charge on any atom is -0.326 e. The molecule has 1 aromatic rings. The van der Waals surface area contributed by atoms with Gasteiger partial charge in [-0.15, -0.1) is 0 Å². The predicted molar refractivity (Wildman–Crippen MR) is 61.8 cm³/mol. The van der Waals surface area contributed by atoms with Crippen LogP contribution in [0, 0.1) is 6.92 Å². The molecule has 0 aliphatic carbocycles. The van der Waals surface area contributed by atoms with Crippen molar-refractivity contribution in [1.29, 1.82) is 0 Å². The first kappa shape index (κ1) is 11.2. The second-order valence-corrected chi connectivity index (χ2v) is 4.91. The molecule has 2 rings (SSSR count). The molecule has 0 spiro atoms. The van der Waals surface area contributed by atoms with Crippen molar-refractivity contribution in [2.24, 2.45) is 5.73 Å². The van der Waals surface area contributed by atoms with Gasteiger partial charge in [-0.1, -0.05) is 11.3 Å². The van der Waals surface area contributed by atoms with E-state index >= 15 is 0 Å². The molecule has 1 aliphatic rings. The minimum atomic E-state index is -0.127. The molecule has 0 aromatic carbocycles. The Morgan fingerprint density at radius 3 is 2.75 bits per heavy atom. The van der Waals surface area contributed by atoms with E-state index in [0.29, 0.717) is 28.7 Å². The Hall–Kier alpha value is -1.27. The summed E-state index contributed by atoms with van der Waals surface area (Å²) in [7, 11) is 0. The van der Waals surface area contributed by atoms with Crippen molar-refractivity contribution in [3.05, 3.63) is 10.6 Å². The van der Waals surface area contributed by atoms with Crippen LogP contribution < -0.4 is 10.6 Å². The van der Waals surface area contributed by atoms with E-state index in [1.54, 1.807) is 11.8 Å². The van der Waals surface area contributed by atoms with Crippen LogP contribution >= 0.6 is 11.3 Å². The lowest BCUT2D eigenvalue weighted by Crippen LogP contribution is -2.27. The molecule has 0 radical (unpaired) electrons. The van der Waals surface area contributed by atoms with Crippen molar-refractivity contribution in [3.63, 3.8) is 0 Å². The average molecular weight is 239 g/mol. The summed E-state index contributed by atoms with van der Waals surface area (Å²) in [6.07, 6.45) is 0.355. The number of amides is 1. The Kier molecular flexibility index (Phi) is 2.77. The lowest BCUT2D eigenvalue weighted by molar-refractivity contribution is -0.117. The highest BCUT2D eigenvalue weighted by molar-refractivity contribution is 7.17. The van der Waals surface area contributed by atoms with E-state index in [1.807, 2.05) is 0 Å². The van der Waals surface area contributed by atoms with Crippen LogP contribution in [0.3, 0.4) is 0 Å². The molecule has 1 unspecified atom stereocenters. The van der Waals surface area contributed by atoms with E-state index in [-0.39, 0.29) is 17.7 Å². The Balaban J connectivity index is 2.31. The lowest BCUT2D eigenvalue weighted by atomic mass is 10.3. The number of nitrogens with two attached hydrogens (primary N) is 1. The van der Waals surface area contributed by atoms with Crippen LogP contribution in [0.1, 0.15) is 28.7 Å². The number of rotatable bonds is 2. The van der Waals surface area contributed by atoms with Crippen LogP contribution in [-0.4, -0.2) is 29.3 Å². The SMILES string of the molecule is CC(=O)c1sc(N2CC(N)CC2=O)nc1C. The summed E-state index contributed by atoms with van der Waals surface area (Å²) in [5.74, 6) is -0.0338. The maximum atomic E-state index is 11.6. The number of aromatic nitrogens is 1. The van der Waals surface area contributed by atoms with Gasteiger partial charge in [-0.3, -0.25) is 14.5 Å². The summed E-state index contributed by atoms with van der Waals surface area (Å²) in [5.41, 5.74) is 6.39. The number of carbonyl (C=O) groups is 2. The van der Waals surface area contributed by atoms with Crippen LogP contribution in [0.5, 0.6) is 0 Å². The van der Waals surface area contributed by atoms with Gasteiger partial charge < -0.3 is 5.73 Å². The normalized spacial score (nSPS) is 20.6. The molecular weight excluding hydrogens is 226 g/mol. The summed E-state index contributed by atoms with van der Waals surface area (Å²) in [6, 6.07) is -0.127. The van der Waals surface area contributed by atoms with Gasteiger partial charge in [-0.05, 0) is 6.92 Å². The number of Topliss-reactive ketones (excluding diaryl/α,β-unsaturated/α-hetero) is 1. The molecule has 1 atom stereocenters. The van der Waals surface area contributed by atoms with Crippen molar-refractivity contribution in [2.45, 2.75) is 26.3 Å². The molecule has 1 aromatic heterocycles. The number of ketones is 1. The van der Waals surface area contributed by atoms with Crippen molar-refractivity contribution in [3.8, 4) is 0 Å². The second-order valence-electron chi connectivity index (χ2n) is 3.94. The van der Waals surface area contributed by atoms with Gasteiger partial charge in [0.15, 0.2) is 10.9 Å². The summed E-state index contributed by atoms with van der Waals surface area (Å²) >= 11 is 1.26. The van der Waals surface area contributed by atoms with Gasteiger partial charge in [-0.2, -0.15) is 0 Å². The maximum absolute atomic E-state index is 11.6. The predicted octanol–water partition coefficient (Wildman–Crippen LogP) is 0.718. The molecule has 1 saturated heterocycles. The fraction of sp³-hybridized carbons (Fsp3) is 0.500. The van der Waals surface area contributed by atoms with E-state index in [9.17, 15) is 9.59 Å². The molecular formula is C10H13N3O2S. The number of hydrogen-bond donors (Lipinski definition) is 1. The zero-order valence-corrected chi connectivity index (χ0v) is 10.0. The molecule has 2 heterocycles. The molecule has 5 nitrogen and oxygen atoms in total. The number of thiazole rings is 1. The molecule has 0 saturated carbocycles. The molecule has 6 heteroatoms. The molecule has 1 amide bonds. The number of anilines is 1. The van der Waals surface area contributed by atoms with Gasteiger partial charge in [0.2, 0.25) is 5.91 Å². The van der Waals surface area contributed by atoms with E-state index in [0.717, 1.165) is 0 Å². The highest BCUT2D eigenvalue weighted by atomic mass is 32.1. The zero-order valence-electron chi connectivity index (χ0n) is 9.19. The van der Waals surface area contributed by atoms with E-state index < -0.39 is 0 Å². The van der Waals surface area contributed by atoms with Crippen LogP contribution in [-0.2, 0) is 4.79 Å². The molecule has 2 N–H and O–H groups in total. The molecule has 0 bridgehead atoms. The third-order valence-electron chi connectivity index (χ3n) is 2.49. The summed E-state index contributed by atoms with van der Waals surface area (Å²) in [5, 5.41) is 0.584. The minimum absolute atomic E-state index is 0.0165. The number of aryl methyl sites for hydroxylation is 1.